The molecule has 0 saturated heterocycles. The molecule has 0 bridgehead atoms. The molecule has 0 spiro atoms. The van der Waals surface area contributed by atoms with Crippen LogP contribution < -0.4 is 0 Å². The normalized spacial score (nSPS) is 12.7. The molecule has 0 aliphatic heterocycles. The highest BCUT2D eigenvalue weighted by atomic mass is 35.5. The fourth-order valence-electron chi connectivity index (χ4n) is 2.17. The van der Waals surface area contributed by atoms with E-state index >= 15 is 0 Å². The van der Waals surface area contributed by atoms with Crippen LogP contribution in [0.4, 0.5) is 4.39 Å². The summed E-state index contributed by atoms with van der Waals surface area (Å²) in [6, 6.07) is 5.48. The van der Waals surface area contributed by atoms with Crippen molar-refractivity contribution in [1.82, 2.24) is 0 Å². The summed E-state index contributed by atoms with van der Waals surface area (Å²) in [6.45, 7) is 5.53. The second-order valence-electron chi connectivity index (χ2n) is 4.48. The molecule has 0 N–H and O–H groups in total. The molecule has 2 rings (SSSR count). The highest BCUT2D eigenvalue weighted by Gasteiger charge is 2.18. The zero-order valence-corrected chi connectivity index (χ0v) is 11.5. The first-order valence-corrected chi connectivity index (χ1v) is 6.45. The van der Waals surface area contributed by atoms with Gasteiger partial charge in [0.2, 0.25) is 0 Å². The molecule has 96 valence electrons. The monoisotopic (exact) mass is 266 g/mol. The van der Waals surface area contributed by atoms with Crippen LogP contribution in [0.5, 0.6) is 0 Å². The lowest BCUT2D eigenvalue weighted by atomic mass is 9.99. The number of rotatable bonds is 3. The van der Waals surface area contributed by atoms with Crippen molar-refractivity contribution in [2.24, 2.45) is 0 Å². The first-order chi connectivity index (χ1) is 8.54. The third-order valence-corrected chi connectivity index (χ3v) is 3.61. The van der Waals surface area contributed by atoms with Gasteiger partial charge in [-0.15, -0.1) is 11.6 Å². The van der Waals surface area contributed by atoms with Gasteiger partial charge in [-0.2, -0.15) is 0 Å². The third-order valence-electron chi connectivity index (χ3n) is 3.13. The summed E-state index contributed by atoms with van der Waals surface area (Å²) in [7, 11) is 0. The van der Waals surface area contributed by atoms with E-state index in [1.165, 1.54) is 0 Å². The highest BCUT2D eigenvalue weighted by Crippen LogP contribution is 2.33. The largest absolute Gasteiger partial charge is 0.469 e. The summed E-state index contributed by atoms with van der Waals surface area (Å²) in [5, 5.41) is -0.295. The van der Waals surface area contributed by atoms with Crippen molar-refractivity contribution in [3.05, 3.63) is 58.3 Å². The van der Waals surface area contributed by atoms with Gasteiger partial charge in [0, 0.05) is 12.0 Å². The number of aryl methyl sites for hydroxylation is 3. The standard InChI is InChI=1S/C15H16ClFO/c1-4-13-12(5-6-18-13)14(16)11-7-9(2)15(17)10(3)8-11/h5-8,14H,4H2,1-3H3. The van der Waals surface area contributed by atoms with Gasteiger partial charge >= 0.3 is 0 Å². The zero-order chi connectivity index (χ0) is 13.3. The van der Waals surface area contributed by atoms with Crippen LogP contribution in [0, 0.1) is 19.7 Å². The van der Waals surface area contributed by atoms with Crippen molar-refractivity contribution >= 4 is 11.6 Å². The van der Waals surface area contributed by atoms with E-state index in [9.17, 15) is 4.39 Å². The molecule has 0 saturated carbocycles. The van der Waals surface area contributed by atoms with E-state index in [1.807, 2.05) is 13.0 Å². The lowest BCUT2D eigenvalue weighted by Gasteiger charge is -2.12. The molecule has 1 nitrogen and oxygen atoms in total. The maximum Gasteiger partial charge on any atom is 0.129 e. The van der Waals surface area contributed by atoms with E-state index in [0.717, 1.165) is 23.3 Å². The first-order valence-electron chi connectivity index (χ1n) is 6.01. The quantitative estimate of drug-likeness (QED) is 0.718. The Morgan fingerprint density at radius 1 is 1.28 bits per heavy atom. The fourth-order valence-corrected chi connectivity index (χ4v) is 2.49. The van der Waals surface area contributed by atoms with E-state index < -0.39 is 0 Å². The van der Waals surface area contributed by atoms with Gasteiger partial charge in [-0.1, -0.05) is 19.1 Å². The summed E-state index contributed by atoms with van der Waals surface area (Å²) in [5.74, 6) is 0.722. The molecular weight excluding hydrogens is 251 g/mol. The van der Waals surface area contributed by atoms with Crippen molar-refractivity contribution in [2.75, 3.05) is 0 Å². The van der Waals surface area contributed by atoms with Gasteiger partial charge in [-0.05, 0) is 36.6 Å². The van der Waals surface area contributed by atoms with Gasteiger partial charge in [0.15, 0.2) is 0 Å². The first kappa shape index (κ1) is 13.2. The van der Waals surface area contributed by atoms with Crippen LogP contribution in [0.25, 0.3) is 0 Å². The Hall–Kier alpha value is -1.28. The summed E-state index contributed by atoms with van der Waals surface area (Å²) >= 11 is 6.47. The van der Waals surface area contributed by atoms with E-state index in [1.54, 1.807) is 32.2 Å². The number of furan rings is 1. The summed E-state index contributed by atoms with van der Waals surface area (Å²) in [5.41, 5.74) is 3.11. The highest BCUT2D eigenvalue weighted by molar-refractivity contribution is 6.22. The van der Waals surface area contributed by atoms with Crippen LogP contribution in [-0.2, 0) is 6.42 Å². The second-order valence-corrected chi connectivity index (χ2v) is 4.92. The van der Waals surface area contributed by atoms with Crippen LogP contribution >= 0.6 is 11.6 Å². The van der Waals surface area contributed by atoms with E-state index in [0.29, 0.717) is 11.1 Å². The van der Waals surface area contributed by atoms with Crippen LogP contribution in [0.1, 0.15) is 40.3 Å². The van der Waals surface area contributed by atoms with Gasteiger partial charge in [0.1, 0.15) is 11.6 Å². The van der Waals surface area contributed by atoms with E-state index in [-0.39, 0.29) is 11.2 Å². The molecule has 1 heterocycles. The van der Waals surface area contributed by atoms with Crippen molar-refractivity contribution in [3.63, 3.8) is 0 Å². The topological polar surface area (TPSA) is 13.1 Å². The molecule has 3 heteroatoms. The number of alkyl halides is 1. The van der Waals surface area contributed by atoms with Crippen LogP contribution in [-0.4, -0.2) is 0 Å². The third kappa shape index (κ3) is 2.30. The average molecular weight is 267 g/mol. The summed E-state index contributed by atoms with van der Waals surface area (Å²) in [4.78, 5) is 0. The predicted octanol–water partition coefficient (Wildman–Crippen LogP) is 4.93. The molecule has 1 aromatic carbocycles. The Kier molecular flexibility index (Phi) is 3.76. The minimum atomic E-state index is -0.295. The Morgan fingerprint density at radius 3 is 2.44 bits per heavy atom. The van der Waals surface area contributed by atoms with Crippen molar-refractivity contribution in [1.29, 1.82) is 0 Å². The minimum Gasteiger partial charge on any atom is -0.469 e. The summed E-state index contributed by atoms with van der Waals surface area (Å²) in [6.07, 6.45) is 2.44. The summed E-state index contributed by atoms with van der Waals surface area (Å²) < 4.78 is 19.0. The SMILES string of the molecule is CCc1occc1C(Cl)c1cc(C)c(F)c(C)c1. The Morgan fingerprint density at radius 2 is 1.89 bits per heavy atom. The molecule has 18 heavy (non-hydrogen) atoms. The Labute approximate surface area is 112 Å². The number of hydrogen-bond acceptors (Lipinski definition) is 1. The molecule has 1 atom stereocenters. The van der Waals surface area contributed by atoms with E-state index in [2.05, 4.69) is 0 Å². The smallest absolute Gasteiger partial charge is 0.129 e. The lowest BCUT2D eigenvalue weighted by molar-refractivity contribution is 0.512. The van der Waals surface area contributed by atoms with Crippen LogP contribution in [0.3, 0.4) is 0 Å². The Balaban J connectivity index is 2.43. The molecule has 0 radical (unpaired) electrons. The average Bonchev–Trinajstić information content (AvgIpc) is 2.82. The number of benzene rings is 1. The fraction of sp³-hybridized carbons (Fsp3) is 0.333. The molecule has 0 aliphatic rings. The van der Waals surface area contributed by atoms with Gasteiger partial charge in [-0.25, -0.2) is 4.39 Å². The molecule has 0 amide bonds. The molecule has 2 aromatic rings. The second kappa shape index (κ2) is 5.15. The van der Waals surface area contributed by atoms with Gasteiger partial charge in [-0.3, -0.25) is 0 Å². The minimum absolute atomic E-state index is 0.162. The lowest BCUT2D eigenvalue weighted by Crippen LogP contribution is -1.99. The van der Waals surface area contributed by atoms with E-state index in [4.69, 9.17) is 16.0 Å². The molecule has 0 fully saturated rings. The van der Waals surface area contributed by atoms with Crippen molar-refractivity contribution in [3.8, 4) is 0 Å². The molecular formula is C15H16ClFO. The maximum absolute atomic E-state index is 13.6. The molecule has 1 unspecified atom stereocenters. The Bertz CT molecular complexity index is 536. The maximum atomic E-state index is 13.6. The number of halogens is 2. The predicted molar refractivity (Wildman–Crippen MR) is 71.7 cm³/mol. The number of hydrogen-bond donors (Lipinski definition) is 0. The van der Waals surface area contributed by atoms with Crippen molar-refractivity contribution in [2.45, 2.75) is 32.6 Å². The van der Waals surface area contributed by atoms with Gasteiger partial charge in [0.05, 0.1) is 11.6 Å². The van der Waals surface area contributed by atoms with Gasteiger partial charge < -0.3 is 4.42 Å². The van der Waals surface area contributed by atoms with Crippen LogP contribution in [0.15, 0.2) is 28.9 Å². The van der Waals surface area contributed by atoms with Crippen molar-refractivity contribution < 1.29 is 8.81 Å². The van der Waals surface area contributed by atoms with Crippen LogP contribution in [0.2, 0.25) is 0 Å². The van der Waals surface area contributed by atoms with Gasteiger partial charge in [0.25, 0.3) is 0 Å². The molecule has 0 aliphatic carbocycles. The zero-order valence-electron chi connectivity index (χ0n) is 10.8. The molecule has 1 aromatic heterocycles.